The van der Waals surface area contributed by atoms with Gasteiger partial charge in [-0.1, -0.05) is 32.4 Å². The zero-order valence-electron chi connectivity index (χ0n) is 6.84. The first-order valence-corrected chi connectivity index (χ1v) is 3.87. The SMILES string of the molecule is [CH2]CCCCC(=O)OCC=C. The van der Waals surface area contributed by atoms with Gasteiger partial charge in [-0.05, 0) is 6.42 Å². The molecule has 0 aliphatic heterocycles. The molecule has 11 heavy (non-hydrogen) atoms. The van der Waals surface area contributed by atoms with Crippen LogP contribution in [-0.2, 0) is 9.53 Å². The number of carbonyl (C=O) groups excluding carboxylic acids is 1. The van der Waals surface area contributed by atoms with E-state index in [1.54, 1.807) is 6.08 Å². The summed E-state index contributed by atoms with van der Waals surface area (Å²) in [6, 6.07) is 0. The molecule has 2 heteroatoms. The van der Waals surface area contributed by atoms with E-state index in [0.717, 1.165) is 19.3 Å². The van der Waals surface area contributed by atoms with Gasteiger partial charge in [0.15, 0.2) is 0 Å². The van der Waals surface area contributed by atoms with E-state index in [-0.39, 0.29) is 5.97 Å². The molecule has 0 spiro atoms. The summed E-state index contributed by atoms with van der Waals surface area (Å²) in [5, 5.41) is 0. The molecule has 0 fully saturated rings. The lowest BCUT2D eigenvalue weighted by atomic mass is 10.2. The van der Waals surface area contributed by atoms with Gasteiger partial charge in [0.25, 0.3) is 0 Å². The number of unbranched alkanes of at least 4 members (excludes halogenated alkanes) is 2. The second-order valence-electron chi connectivity index (χ2n) is 2.28. The van der Waals surface area contributed by atoms with Gasteiger partial charge in [-0.2, -0.15) is 0 Å². The third-order valence-corrected chi connectivity index (χ3v) is 1.24. The average Bonchev–Trinajstić information content (AvgIpc) is 2.01. The van der Waals surface area contributed by atoms with Crippen molar-refractivity contribution in [1.29, 1.82) is 0 Å². The molecule has 0 unspecified atom stereocenters. The van der Waals surface area contributed by atoms with Gasteiger partial charge < -0.3 is 4.74 Å². The van der Waals surface area contributed by atoms with Crippen LogP contribution >= 0.6 is 0 Å². The van der Waals surface area contributed by atoms with Gasteiger partial charge in [0.2, 0.25) is 0 Å². The van der Waals surface area contributed by atoms with Crippen molar-refractivity contribution < 1.29 is 9.53 Å². The van der Waals surface area contributed by atoms with Gasteiger partial charge in [-0.25, -0.2) is 0 Å². The molecular formula is C9H15O2. The minimum atomic E-state index is -0.140. The molecule has 0 saturated heterocycles. The normalized spacial score (nSPS) is 9.18. The Hall–Kier alpha value is -0.790. The highest BCUT2D eigenvalue weighted by Gasteiger charge is 1.99. The van der Waals surface area contributed by atoms with E-state index in [1.165, 1.54) is 0 Å². The van der Waals surface area contributed by atoms with Crippen molar-refractivity contribution in [2.45, 2.75) is 25.7 Å². The maximum atomic E-state index is 10.8. The molecule has 1 radical (unpaired) electrons. The quantitative estimate of drug-likeness (QED) is 0.333. The zero-order chi connectivity index (χ0) is 8.53. The van der Waals surface area contributed by atoms with E-state index in [2.05, 4.69) is 13.5 Å². The van der Waals surface area contributed by atoms with Crippen LogP contribution in [0.5, 0.6) is 0 Å². The fourth-order valence-corrected chi connectivity index (χ4v) is 0.670. The first-order chi connectivity index (χ1) is 5.31. The van der Waals surface area contributed by atoms with Gasteiger partial charge in [0, 0.05) is 6.42 Å². The van der Waals surface area contributed by atoms with Gasteiger partial charge in [-0.15, -0.1) is 0 Å². The number of carbonyl (C=O) groups is 1. The van der Waals surface area contributed by atoms with Crippen LogP contribution in [0.1, 0.15) is 25.7 Å². The fourth-order valence-electron chi connectivity index (χ4n) is 0.670. The van der Waals surface area contributed by atoms with Crippen LogP contribution < -0.4 is 0 Å². The second kappa shape index (κ2) is 7.32. The molecule has 0 aromatic heterocycles. The van der Waals surface area contributed by atoms with Crippen LogP contribution in [0.25, 0.3) is 0 Å². The van der Waals surface area contributed by atoms with E-state index in [0.29, 0.717) is 13.0 Å². The summed E-state index contributed by atoms with van der Waals surface area (Å²) < 4.78 is 4.76. The molecule has 0 aliphatic carbocycles. The monoisotopic (exact) mass is 155 g/mol. The van der Waals surface area contributed by atoms with Crippen molar-refractivity contribution >= 4 is 5.97 Å². The number of esters is 1. The van der Waals surface area contributed by atoms with Crippen LogP contribution in [-0.4, -0.2) is 12.6 Å². The van der Waals surface area contributed by atoms with E-state index in [4.69, 9.17) is 4.74 Å². The lowest BCUT2D eigenvalue weighted by Gasteiger charge is -1.99. The van der Waals surface area contributed by atoms with Gasteiger partial charge in [-0.3, -0.25) is 4.79 Å². The predicted octanol–water partition coefficient (Wildman–Crippen LogP) is 2.11. The van der Waals surface area contributed by atoms with Crippen molar-refractivity contribution in [3.05, 3.63) is 19.6 Å². The van der Waals surface area contributed by atoms with E-state index in [9.17, 15) is 4.79 Å². The van der Waals surface area contributed by atoms with Crippen LogP contribution in [0.15, 0.2) is 12.7 Å². The molecule has 0 rings (SSSR count). The number of hydrogen-bond donors (Lipinski definition) is 0. The van der Waals surface area contributed by atoms with Gasteiger partial charge in [0.1, 0.15) is 6.61 Å². The lowest BCUT2D eigenvalue weighted by Crippen LogP contribution is -2.03. The topological polar surface area (TPSA) is 26.3 Å². The van der Waals surface area contributed by atoms with Crippen molar-refractivity contribution in [2.24, 2.45) is 0 Å². The highest BCUT2D eigenvalue weighted by Crippen LogP contribution is 1.99. The predicted molar refractivity (Wildman–Crippen MR) is 45.0 cm³/mol. The third kappa shape index (κ3) is 7.10. The molecule has 0 aromatic carbocycles. The fraction of sp³-hybridized carbons (Fsp3) is 0.556. The van der Waals surface area contributed by atoms with Crippen molar-refractivity contribution in [3.8, 4) is 0 Å². The first-order valence-electron chi connectivity index (χ1n) is 3.87. The summed E-state index contributed by atoms with van der Waals surface area (Å²) in [6.07, 6.45) is 4.82. The molecule has 0 N–H and O–H groups in total. The molecule has 0 saturated carbocycles. The molecule has 0 aliphatic rings. The molecule has 0 aromatic rings. The van der Waals surface area contributed by atoms with Crippen LogP contribution in [0.3, 0.4) is 0 Å². The third-order valence-electron chi connectivity index (χ3n) is 1.24. The summed E-state index contributed by atoms with van der Waals surface area (Å²) in [5.74, 6) is -0.140. The van der Waals surface area contributed by atoms with Crippen LogP contribution in [0, 0.1) is 6.92 Å². The standard InChI is InChI=1S/C9H15O2/c1-3-5-6-7-9(10)11-8-4-2/h4H,1-3,5-8H2. The Labute approximate surface area is 68.2 Å². The maximum Gasteiger partial charge on any atom is 0.306 e. The van der Waals surface area contributed by atoms with E-state index >= 15 is 0 Å². The Balaban J connectivity index is 3.15. The van der Waals surface area contributed by atoms with E-state index < -0.39 is 0 Å². The molecule has 0 atom stereocenters. The maximum absolute atomic E-state index is 10.8. The van der Waals surface area contributed by atoms with Crippen LogP contribution in [0.4, 0.5) is 0 Å². The Morgan fingerprint density at radius 3 is 2.73 bits per heavy atom. The Morgan fingerprint density at radius 2 is 2.18 bits per heavy atom. The lowest BCUT2D eigenvalue weighted by molar-refractivity contribution is -0.142. The minimum absolute atomic E-state index is 0.140. The Kier molecular flexibility index (Phi) is 6.79. The highest BCUT2D eigenvalue weighted by atomic mass is 16.5. The van der Waals surface area contributed by atoms with E-state index in [1.807, 2.05) is 0 Å². The van der Waals surface area contributed by atoms with Crippen molar-refractivity contribution in [2.75, 3.05) is 6.61 Å². The Bertz CT molecular complexity index is 119. The molecular weight excluding hydrogens is 140 g/mol. The summed E-state index contributed by atoms with van der Waals surface area (Å²) in [7, 11) is 0. The molecule has 0 bridgehead atoms. The number of ether oxygens (including phenoxy) is 1. The molecule has 0 heterocycles. The van der Waals surface area contributed by atoms with Gasteiger partial charge in [0.05, 0.1) is 0 Å². The number of rotatable bonds is 6. The molecule has 2 nitrogen and oxygen atoms in total. The molecule has 0 amide bonds. The highest BCUT2D eigenvalue weighted by molar-refractivity contribution is 5.69. The largest absolute Gasteiger partial charge is 0.461 e. The number of hydrogen-bond acceptors (Lipinski definition) is 2. The summed E-state index contributed by atoms with van der Waals surface area (Å²) >= 11 is 0. The van der Waals surface area contributed by atoms with Crippen molar-refractivity contribution in [1.82, 2.24) is 0 Å². The molecule has 63 valence electrons. The average molecular weight is 155 g/mol. The van der Waals surface area contributed by atoms with Crippen molar-refractivity contribution in [3.63, 3.8) is 0 Å². The zero-order valence-corrected chi connectivity index (χ0v) is 6.84. The second-order valence-corrected chi connectivity index (χ2v) is 2.28. The van der Waals surface area contributed by atoms with Crippen LogP contribution in [0.2, 0.25) is 0 Å². The first kappa shape index (κ1) is 10.2. The summed E-state index contributed by atoms with van der Waals surface area (Å²) in [6.45, 7) is 7.44. The smallest absolute Gasteiger partial charge is 0.306 e. The van der Waals surface area contributed by atoms with Gasteiger partial charge >= 0.3 is 5.97 Å². The minimum Gasteiger partial charge on any atom is -0.461 e. The summed E-state index contributed by atoms with van der Waals surface area (Å²) in [5.41, 5.74) is 0. The summed E-state index contributed by atoms with van der Waals surface area (Å²) in [4.78, 5) is 10.8. The Morgan fingerprint density at radius 1 is 1.45 bits per heavy atom.